The molecule has 1 saturated heterocycles. The Bertz CT molecular complexity index is 950. The number of carbonyl (C=O) groups excluding carboxylic acids is 2. The molecule has 1 aromatic heterocycles. The lowest BCUT2D eigenvalue weighted by Crippen LogP contribution is -2.50. The first-order valence-electron chi connectivity index (χ1n) is 8.64. The molecule has 0 radical (unpaired) electrons. The van der Waals surface area contributed by atoms with Crippen LogP contribution in [0.4, 0.5) is 10.1 Å². The Balaban J connectivity index is 1.66. The Morgan fingerprint density at radius 1 is 1.17 bits per heavy atom. The molecular formula is C18H19FN4O5S. The maximum absolute atomic E-state index is 13.8. The summed E-state index contributed by atoms with van der Waals surface area (Å²) in [6.07, 6.45) is 2.35. The van der Waals surface area contributed by atoms with E-state index >= 15 is 0 Å². The Morgan fingerprint density at radius 3 is 2.41 bits per heavy atom. The maximum Gasteiger partial charge on any atom is 0.259 e. The second kappa shape index (κ2) is 8.97. The molecular weight excluding hydrogens is 403 g/mol. The van der Waals surface area contributed by atoms with Crippen LogP contribution in [-0.2, 0) is 11.3 Å². The number of hydrogen-bond acceptors (Lipinski definition) is 5. The van der Waals surface area contributed by atoms with Gasteiger partial charge in [-0.1, -0.05) is 0 Å². The lowest BCUT2D eigenvalue weighted by Gasteiger charge is -2.35. The minimum Gasteiger partial charge on any atom is -0.495 e. The summed E-state index contributed by atoms with van der Waals surface area (Å²) >= 11 is -2.27. The average Bonchev–Trinajstić information content (AvgIpc) is 2.73. The summed E-state index contributed by atoms with van der Waals surface area (Å²) in [5.41, 5.74) is 0.574. The van der Waals surface area contributed by atoms with Crippen LogP contribution in [0.5, 0.6) is 5.75 Å². The van der Waals surface area contributed by atoms with E-state index in [-0.39, 0.29) is 36.0 Å². The Labute approximate surface area is 168 Å². The minimum absolute atomic E-state index is 0.0473. The maximum atomic E-state index is 13.8. The highest BCUT2D eigenvalue weighted by Crippen LogP contribution is 2.26. The lowest BCUT2D eigenvalue weighted by atomic mass is 10.1. The molecule has 2 N–H and O–H groups in total. The third-order valence-corrected chi connectivity index (χ3v) is 4.90. The lowest BCUT2D eigenvalue weighted by molar-refractivity contribution is 0.0532. The van der Waals surface area contributed by atoms with Crippen LogP contribution in [0.1, 0.15) is 20.7 Å². The summed E-state index contributed by atoms with van der Waals surface area (Å²) in [6.45, 7) is 1.12. The highest BCUT2D eigenvalue weighted by Gasteiger charge is 2.27. The number of halogens is 1. The first kappa shape index (κ1) is 20.7. The third-order valence-electron chi connectivity index (χ3n) is 4.50. The molecule has 2 amide bonds. The van der Waals surface area contributed by atoms with Crippen LogP contribution in [0, 0.1) is 5.82 Å². The van der Waals surface area contributed by atoms with Crippen molar-refractivity contribution in [2.24, 2.45) is 0 Å². The monoisotopic (exact) mass is 422 g/mol. The molecule has 3 rings (SSSR count). The highest BCUT2D eigenvalue weighted by molar-refractivity contribution is 7.80. The number of amides is 2. The molecule has 1 aromatic carbocycles. The third kappa shape index (κ3) is 4.69. The normalized spacial score (nSPS) is 15.0. The van der Waals surface area contributed by atoms with Gasteiger partial charge in [0.2, 0.25) is 0 Å². The zero-order valence-electron chi connectivity index (χ0n) is 15.5. The quantitative estimate of drug-likeness (QED) is 0.704. The van der Waals surface area contributed by atoms with Crippen molar-refractivity contribution in [3.05, 3.63) is 53.6 Å². The molecule has 1 aliphatic rings. The van der Waals surface area contributed by atoms with E-state index in [9.17, 15) is 18.2 Å². The molecule has 9 nitrogen and oxygen atoms in total. The summed E-state index contributed by atoms with van der Waals surface area (Å²) in [7, 11) is 1.39. The van der Waals surface area contributed by atoms with E-state index in [0.717, 1.165) is 6.20 Å². The summed E-state index contributed by atoms with van der Waals surface area (Å²) in [5, 5.41) is 0. The second-order valence-electron chi connectivity index (χ2n) is 6.21. The van der Waals surface area contributed by atoms with Crippen LogP contribution < -0.4 is 9.46 Å². The van der Waals surface area contributed by atoms with Crippen molar-refractivity contribution < 1.29 is 27.5 Å². The zero-order valence-corrected chi connectivity index (χ0v) is 16.3. The number of ether oxygens (including phenoxy) is 1. The van der Waals surface area contributed by atoms with E-state index in [1.54, 1.807) is 4.90 Å². The first-order valence-corrected chi connectivity index (χ1v) is 9.75. The van der Waals surface area contributed by atoms with Gasteiger partial charge in [0.05, 0.1) is 24.6 Å². The first-order chi connectivity index (χ1) is 13.9. The van der Waals surface area contributed by atoms with Crippen LogP contribution in [0.15, 0.2) is 36.7 Å². The molecule has 0 aliphatic carbocycles. The van der Waals surface area contributed by atoms with Gasteiger partial charge in [0.1, 0.15) is 5.75 Å². The minimum atomic E-state index is -2.27. The summed E-state index contributed by atoms with van der Waals surface area (Å²) in [5.74, 6) is -1.13. The largest absolute Gasteiger partial charge is 0.495 e. The van der Waals surface area contributed by atoms with Crippen molar-refractivity contribution in [2.45, 2.75) is 0 Å². The number of nitrogens with one attached hydrogen (secondary N) is 1. The van der Waals surface area contributed by atoms with Gasteiger partial charge in [0.15, 0.2) is 5.82 Å². The van der Waals surface area contributed by atoms with E-state index in [1.807, 2.05) is 0 Å². The van der Waals surface area contributed by atoms with Crippen molar-refractivity contribution in [1.29, 1.82) is 0 Å². The molecule has 2 heterocycles. The van der Waals surface area contributed by atoms with Crippen molar-refractivity contribution >= 4 is 28.8 Å². The van der Waals surface area contributed by atoms with Crippen molar-refractivity contribution in [2.75, 3.05) is 38.0 Å². The molecule has 1 fully saturated rings. The van der Waals surface area contributed by atoms with E-state index in [4.69, 9.17) is 9.29 Å². The predicted molar refractivity (Wildman–Crippen MR) is 103 cm³/mol. The number of anilines is 1. The second-order valence-corrected chi connectivity index (χ2v) is 6.91. The average molecular weight is 422 g/mol. The van der Waals surface area contributed by atoms with E-state index in [2.05, 4.69) is 9.71 Å². The highest BCUT2D eigenvalue weighted by atomic mass is 32.2. The number of pyridine rings is 1. The molecule has 0 spiro atoms. The Morgan fingerprint density at radius 2 is 1.83 bits per heavy atom. The van der Waals surface area contributed by atoms with Gasteiger partial charge >= 0.3 is 0 Å². The number of benzene rings is 1. The van der Waals surface area contributed by atoms with Crippen molar-refractivity contribution in [3.63, 3.8) is 0 Å². The fraction of sp³-hybridized carbons (Fsp3) is 0.278. The molecule has 11 heteroatoms. The van der Waals surface area contributed by atoms with Crippen molar-refractivity contribution in [1.82, 2.24) is 14.8 Å². The topological polar surface area (TPSA) is 112 Å². The fourth-order valence-corrected chi connectivity index (χ4v) is 3.37. The van der Waals surface area contributed by atoms with Crippen LogP contribution in [-0.4, -0.2) is 68.6 Å². The SMILES string of the molecule is COc1cc(C(=O)N2CCN(C(=O)c3ccncc3F)CC2)ccc1NS(=O)O. The molecule has 1 aliphatic heterocycles. The van der Waals surface area contributed by atoms with Gasteiger partial charge < -0.3 is 14.5 Å². The van der Waals surface area contributed by atoms with E-state index in [0.29, 0.717) is 18.7 Å². The Hall–Kier alpha value is -3.05. The fourth-order valence-electron chi connectivity index (χ4n) is 3.02. The number of carbonyl (C=O) groups is 2. The molecule has 1 unspecified atom stereocenters. The van der Waals surface area contributed by atoms with Crippen LogP contribution >= 0.6 is 0 Å². The van der Waals surface area contributed by atoms with Gasteiger partial charge in [-0.3, -0.25) is 23.8 Å². The summed E-state index contributed by atoms with van der Waals surface area (Å²) in [6, 6.07) is 5.80. The summed E-state index contributed by atoms with van der Waals surface area (Å²) in [4.78, 5) is 31.9. The van der Waals surface area contributed by atoms with Crippen molar-refractivity contribution in [3.8, 4) is 5.75 Å². The number of aromatic nitrogens is 1. The number of hydrogen-bond donors (Lipinski definition) is 2. The van der Waals surface area contributed by atoms with Crippen LogP contribution in [0.3, 0.4) is 0 Å². The number of nitrogens with zero attached hydrogens (tertiary/aromatic N) is 3. The van der Waals surface area contributed by atoms with Gasteiger partial charge in [0, 0.05) is 37.9 Å². The standard InChI is InChI=1S/C18H19FN4O5S/c1-28-16-10-12(2-3-15(16)21-29(26)27)17(24)22-6-8-23(9-7-22)18(25)13-4-5-20-11-14(13)19/h2-5,10-11,21H,6-9H2,1H3,(H,26,27). The van der Waals surface area contributed by atoms with Gasteiger partial charge in [-0.05, 0) is 24.3 Å². The van der Waals surface area contributed by atoms with Gasteiger partial charge in [-0.2, -0.15) is 0 Å². The molecule has 2 aromatic rings. The predicted octanol–water partition coefficient (Wildman–Crippen LogP) is 1.38. The number of piperazine rings is 1. The summed E-state index contributed by atoms with van der Waals surface area (Å²) < 4.78 is 41.1. The van der Waals surface area contributed by atoms with Crippen LogP contribution in [0.25, 0.3) is 0 Å². The molecule has 154 valence electrons. The zero-order chi connectivity index (χ0) is 21.0. The smallest absolute Gasteiger partial charge is 0.259 e. The van der Waals surface area contributed by atoms with Gasteiger partial charge in [-0.15, -0.1) is 0 Å². The number of rotatable bonds is 5. The number of methoxy groups -OCH3 is 1. The van der Waals surface area contributed by atoms with Gasteiger partial charge in [-0.25, -0.2) is 8.60 Å². The van der Waals surface area contributed by atoms with Gasteiger partial charge in [0.25, 0.3) is 23.1 Å². The molecule has 0 bridgehead atoms. The van der Waals surface area contributed by atoms with E-state index in [1.165, 1.54) is 42.5 Å². The van der Waals surface area contributed by atoms with Crippen LogP contribution in [0.2, 0.25) is 0 Å². The van der Waals surface area contributed by atoms with E-state index < -0.39 is 23.0 Å². The molecule has 1 atom stereocenters. The molecule has 29 heavy (non-hydrogen) atoms. The Kier molecular flexibility index (Phi) is 6.39. The molecule has 0 saturated carbocycles.